The van der Waals surface area contributed by atoms with Crippen molar-refractivity contribution in [1.82, 2.24) is 19.7 Å². The molecule has 16 heavy (non-hydrogen) atoms. The van der Waals surface area contributed by atoms with Gasteiger partial charge >= 0.3 is 0 Å². The molecule has 2 heterocycles. The summed E-state index contributed by atoms with van der Waals surface area (Å²) in [6.07, 6.45) is 3.24. The summed E-state index contributed by atoms with van der Waals surface area (Å²) < 4.78 is 1.55. The second-order valence-electron chi connectivity index (χ2n) is 3.44. The average molecular weight is 217 g/mol. The van der Waals surface area contributed by atoms with Gasteiger partial charge in [0.1, 0.15) is 6.33 Å². The third-order valence-corrected chi connectivity index (χ3v) is 2.07. The van der Waals surface area contributed by atoms with Crippen LogP contribution in [0.4, 0.5) is 0 Å². The van der Waals surface area contributed by atoms with Crippen LogP contribution in [0, 0.1) is 6.92 Å². The Morgan fingerprint density at radius 1 is 1.44 bits per heavy atom. The lowest BCUT2D eigenvalue weighted by molar-refractivity contribution is 0.0990. The smallest absolute Gasteiger partial charge is 0.288 e. The zero-order chi connectivity index (χ0) is 11.5. The Labute approximate surface area is 92.1 Å². The van der Waals surface area contributed by atoms with Crippen LogP contribution in [0.3, 0.4) is 0 Å². The highest BCUT2D eigenvalue weighted by Gasteiger charge is 2.06. The van der Waals surface area contributed by atoms with E-state index in [0.717, 1.165) is 11.3 Å². The molecule has 0 fully saturated rings. The van der Waals surface area contributed by atoms with Crippen molar-refractivity contribution < 1.29 is 4.79 Å². The highest BCUT2D eigenvalue weighted by atomic mass is 16.1. The number of primary amides is 1. The van der Waals surface area contributed by atoms with Gasteiger partial charge in [0.05, 0.1) is 6.54 Å². The molecule has 2 N–H and O–H groups in total. The van der Waals surface area contributed by atoms with Crippen LogP contribution in [0.1, 0.15) is 21.9 Å². The highest BCUT2D eigenvalue weighted by molar-refractivity contribution is 5.88. The van der Waals surface area contributed by atoms with Crippen molar-refractivity contribution in [2.45, 2.75) is 13.5 Å². The van der Waals surface area contributed by atoms with Crippen molar-refractivity contribution in [3.63, 3.8) is 0 Å². The predicted octanol–water partition coefficient (Wildman–Crippen LogP) is 0.129. The summed E-state index contributed by atoms with van der Waals surface area (Å²) in [5, 5.41) is 3.93. The van der Waals surface area contributed by atoms with E-state index < -0.39 is 5.91 Å². The standard InChI is InChI=1S/C10H11N5O/c1-7-2-3-8(4-12-7)5-15-6-13-10(14-15)9(11)16/h2-4,6H,5H2,1H3,(H2,11,16). The van der Waals surface area contributed by atoms with Gasteiger partial charge in [-0.3, -0.25) is 9.78 Å². The van der Waals surface area contributed by atoms with Crippen molar-refractivity contribution >= 4 is 5.91 Å². The maximum Gasteiger partial charge on any atom is 0.288 e. The summed E-state index contributed by atoms with van der Waals surface area (Å²) in [6, 6.07) is 3.87. The van der Waals surface area contributed by atoms with Gasteiger partial charge in [-0.2, -0.15) is 0 Å². The molecule has 2 aromatic rings. The Morgan fingerprint density at radius 3 is 2.81 bits per heavy atom. The number of nitrogens with two attached hydrogens (primary N) is 1. The molecule has 0 aromatic carbocycles. The fourth-order valence-corrected chi connectivity index (χ4v) is 1.26. The van der Waals surface area contributed by atoms with E-state index >= 15 is 0 Å². The molecule has 0 aliphatic rings. The fraction of sp³-hybridized carbons (Fsp3) is 0.200. The number of rotatable bonds is 3. The van der Waals surface area contributed by atoms with Crippen molar-refractivity contribution in [3.8, 4) is 0 Å². The number of aryl methyl sites for hydroxylation is 1. The summed E-state index contributed by atoms with van der Waals surface area (Å²) in [7, 11) is 0. The Hall–Kier alpha value is -2.24. The monoisotopic (exact) mass is 217 g/mol. The van der Waals surface area contributed by atoms with Crippen LogP contribution in [0.25, 0.3) is 0 Å². The molecule has 0 spiro atoms. The molecule has 2 aromatic heterocycles. The van der Waals surface area contributed by atoms with Crippen molar-refractivity contribution in [1.29, 1.82) is 0 Å². The zero-order valence-electron chi connectivity index (χ0n) is 8.79. The van der Waals surface area contributed by atoms with E-state index in [-0.39, 0.29) is 5.82 Å². The van der Waals surface area contributed by atoms with Crippen molar-refractivity contribution in [3.05, 3.63) is 41.7 Å². The van der Waals surface area contributed by atoms with E-state index in [9.17, 15) is 4.79 Å². The van der Waals surface area contributed by atoms with E-state index in [4.69, 9.17) is 5.73 Å². The lowest BCUT2D eigenvalue weighted by Crippen LogP contribution is -2.13. The van der Waals surface area contributed by atoms with Gasteiger partial charge in [0.2, 0.25) is 5.82 Å². The number of hydrogen-bond acceptors (Lipinski definition) is 4. The first-order chi connectivity index (χ1) is 7.65. The summed E-state index contributed by atoms with van der Waals surface area (Å²) in [5.74, 6) is -0.596. The second kappa shape index (κ2) is 4.09. The van der Waals surface area contributed by atoms with E-state index in [2.05, 4.69) is 15.1 Å². The molecule has 0 aliphatic carbocycles. The molecule has 1 amide bonds. The molecule has 0 aliphatic heterocycles. The number of pyridine rings is 1. The number of nitrogens with zero attached hydrogens (tertiary/aromatic N) is 4. The average Bonchev–Trinajstić information content (AvgIpc) is 2.70. The first-order valence-electron chi connectivity index (χ1n) is 4.76. The Balaban J connectivity index is 2.14. The normalized spacial score (nSPS) is 10.3. The highest BCUT2D eigenvalue weighted by Crippen LogP contribution is 2.01. The van der Waals surface area contributed by atoms with Gasteiger partial charge in [-0.05, 0) is 18.6 Å². The minimum absolute atomic E-state index is 0.0278. The molecule has 0 bridgehead atoms. The van der Waals surface area contributed by atoms with Gasteiger partial charge < -0.3 is 5.73 Å². The number of carbonyl (C=O) groups excluding carboxylic acids is 1. The summed E-state index contributed by atoms with van der Waals surface area (Å²) in [5.41, 5.74) is 7.00. The first-order valence-corrected chi connectivity index (χ1v) is 4.76. The van der Waals surface area contributed by atoms with Gasteiger partial charge in [0.25, 0.3) is 5.91 Å². The van der Waals surface area contributed by atoms with Gasteiger partial charge in [0, 0.05) is 11.9 Å². The minimum atomic E-state index is -0.624. The quantitative estimate of drug-likeness (QED) is 0.791. The SMILES string of the molecule is Cc1ccc(Cn2cnc(C(N)=O)n2)cn1. The summed E-state index contributed by atoms with van der Waals surface area (Å²) in [6.45, 7) is 2.44. The number of aromatic nitrogens is 4. The Morgan fingerprint density at radius 2 is 2.25 bits per heavy atom. The van der Waals surface area contributed by atoms with Gasteiger partial charge in [0.15, 0.2) is 0 Å². The maximum atomic E-state index is 10.8. The zero-order valence-corrected chi connectivity index (χ0v) is 8.79. The maximum absolute atomic E-state index is 10.8. The predicted molar refractivity (Wildman–Crippen MR) is 56.6 cm³/mol. The third-order valence-electron chi connectivity index (χ3n) is 2.07. The van der Waals surface area contributed by atoms with E-state index in [1.807, 2.05) is 19.1 Å². The van der Waals surface area contributed by atoms with Crippen LogP contribution in [0.5, 0.6) is 0 Å². The van der Waals surface area contributed by atoms with E-state index in [1.165, 1.54) is 6.33 Å². The molecule has 0 unspecified atom stereocenters. The van der Waals surface area contributed by atoms with Crippen LogP contribution in [-0.2, 0) is 6.54 Å². The topological polar surface area (TPSA) is 86.7 Å². The molecule has 0 atom stereocenters. The third kappa shape index (κ3) is 2.22. The molecular weight excluding hydrogens is 206 g/mol. The Bertz CT molecular complexity index is 502. The second-order valence-corrected chi connectivity index (χ2v) is 3.44. The Kier molecular flexibility index (Phi) is 2.63. The molecular formula is C10H11N5O. The van der Waals surface area contributed by atoms with Crippen LogP contribution in [-0.4, -0.2) is 25.7 Å². The van der Waals surface area contributed by atoms with Crippen molar-refractivity contribution in [2.24, 2.45) is 5.73 Å². The van der Waals surface area contributed by atoms with E-state index in [1.54, 1.807) is 10.9 Å². The van der Waals surface area contributed by atoms with Gasteiger partial charge in [-0.25, -0.2) is 9.67 Å². The molecule has 0 radical (unpaired) electrons. The van der Waals surface area contributed by atoms with Gasteiger partial charge in [-0.1, -0.05) is 6.07 Å². The number of carbonyl (C=O) groups is 1. The van der Waals surface area contributed by atoms with Crippen molar-refractivity contribution in [2.75, 3.05) is 0 Å². The van der Waals surface area contributed by atoms with Crippen LogP contribution in [0.15, 0.2) is 24.7 Å². The largest absolute Gasteiger partial charge is 0.363 e. The van der Waals surface area contributed by atoms with E-state index in [0.29, 0.717) is 6.54 Å². The summed E-state index contributed by atoms with van der Waals surface area (Å²) in [4.78, 5) is 18.7. The molecule has 0 saturated carbocycles. The number of hydrogen-bond donors (Lipinski definition) is 1. The van der Waals surface area contributed by atoms with Crippen LogP contribution in [0.2, 0.25) is 0 Å². The fourth-order valence-electron chi connectivity index (χ4n) is 1.26. The molecule has 0 saturated heterocycles. The lowest BCUT2D eigenvalue weighted by atomic mass is 10.2. The van der Waals surface area contributed by atoms with Crippen LogP contribution < -0.4 is 5.73 Å². The first kappa shape index (κ1) is 10.3. The number of amides is 1. The molecule has 6 heteroatoms. The summed E-state index contributed by atoms with van der Waals surface area (Å²) >= 11 is 0. The minimum Gasteiger partial charge on any atom is -0.363 e. The van der Waals surface area contributed by atoms with Crippen LogP contribution >= 0.6 is 0 Å². The molecule has 2 rings (SSSR count). The lowest BCUT2D eigenvalue weighted by Gasteiger charge is -2.00. The van der Waals surface area contributed by atoms with Gasteiger partial charge in [-0.15, -0.1) is 5.10 Å². The molecule has 6 nitrogen and oxygen atoms in total. The molecule has 82 valence electrons.